The third kappa shape index (κ3) is 4.71. The molecule has 21 heavy (non-hydrogen) atoms. The molecule has 0 aliphatic heterocycles. The van der Waals surface area contributed by atoms with Crippen molar-refractivity contribution >= 4 is 11.9 Å². The van der Waals surface area contributed by atoms with Crippen LogP contribution in [0.1, 0.15) is 18.6 Å². The van der Waals surface area contributed by atoms with Crippen molar-refractivity contribution in [2.45, 2.75) is 19.1 Å². The van der Waals surface area contributed by atoms with Crippen LogP contribution in [0.15, 0.2) is 24.3 Å². The summed E-state index contributed by atoms with van der Waals surface area (Å²) in [5.74, 6) is 3.57. The first-order valence-electron chi connectivity index (χ1n) is 6.25. The number of amides is 1. The second-order valence-electron chi connectivity index (χ2n) is 4.04. The summed E-state index contributed by atoms with van der Waals surface area (Å²) in [7, 11) is 0. The molecule has 0 radical (unpaired) electrons. The Morgan fingerprint density at radius 3 is 2.62 bits per heavy atom. The average Bonchev–Trinajstić information content (AvgIpc) is 2.51. The standard InChI is InChI=1S/C13H18N2O6/c1-2-20-13(19)12(18)11(17)8-5-3-4-6-9(8)21-7-10(16)15-14/h3-6,11-12,17-18H,2,7,14H2,1H3,(H,15,16). The second-order valence-corrected chi connectivity index (χ2v) is 4.04. The highest BCUT2D eigenvalue weighted by Gasteiger charge is 2.29. The van der Waals surface area contributed by atoms with Crippen molar-refractivity contribution in [2.24, 2.45) is 5.84 Å². The van der Waals surface area contributed by atoms with Crippen LogP contribution in [0.4, 0.5) is 0 Å². The molecule has 1 aromatic rings. The average molecular weight is 298 g/mol. The zero-order valence-electron chi connectivity index (χ0n) is 11.5. The molecule has 1 aromatic carbocycles. The Balaban J connectivity index is 2.86. The molecule has 1 rings (SSSR count). The van der Waals surface area contributed by atoms with Gasteiger partial charge in [-0.05, 0) is 13.0 Å². The summed E-state index contributed by atoms with van der Waals surface area (Å²) < 4.78 is 9.82. The van der Waals surface area contributed by atoms with E-state index in [-0.39, 0.29) is 24.5 Å². The van der Waals surface area contributed by atoms with E-state index in [0.717, 1.165) is 0 Å². The number of para-hydroxylation sites is 1. The van der Waals surface area contributed by atoms with Crippen LogP contribution in [0.25, 0.3) is 0 Å². The third-order valence-corrected chi connectivity index (χ3v) is 2.58. The van der Waals surface area contributed by atoms with Crippen molar-refractivity contribution < 1.29 is 29.3 Å². The minimum absolute atomic E-state index is 0.0808. The summed E-state index contributed by atoms with van der Waals surface area (Å²) in [4.78, 5) is 22.5. The van der Waals surface area contributed by atoms with E-state index < -0.39 is 24.1 Å². The van der Waals surface area contributed by atoms with E-state index in [1.807, 2.05) is 5.43 Å². The fourth-order valence-electron chi connectivity index (χ4n) is 1.57. The van der Waals surface area contributed by atoms with Crippen molar-refractivity contribution in [3.63, 3.8) is 0 Å². The molecule has 0 saturated heterocycles. The van der Waals surface area contributed by atoms with Gasteiger partial charge in [-0.2, -0.15) is 0 Å². The molecule has 116 valence electrons. The van der Waals surface area contributed by atoms with Crippen LogP contribution in [0, 0.1) is 0 Å². The van der Waals surface area contributed by atoms with Crippen LogP contribution in [0.5, 0.6) is 5.75 Å². The number of aliphatic hydroxyl groups is 2. The van der Waals surface area contributed by atoms with Gasteiger partial charge in [0, 0.05) is 5.56 Å². The molecule has 5 N–H and O–H groups in total. The Kier molecular flexibility index (Phi) is 6.60. The molecule has 0 saturated carbocycles. The van der Waals surface area contributed by atoms with Gasteiger partial charge in [-0.25, -0.2) is 10.6 Å². The SMILES string of the molecule is CCOC(=O)C(O)C(O)c1ccccc1OCC(=O)NN. The molecule has 0 aliphatic rings. The first-order chi connectivity index (χ1) is 10.0. The zero-order chi connectivity index (χ0) is 15.8. The lowest BCUT2D eigenvalue weighted by Gasteiger charge is -2.19. The van der Waals surface area contributed by atoms with Crippen molar-refractivity contribution in [1.29, 1.82) is 0 Å². The number of hydrogen-bond donors (Lipinski definition) is 4. The van der Waals surface area contributed by atoms with E-state index >= 15 is 0 Å². The number of carbonyl (C=O) groups excluding carboxylic acids is 2. The van der Waals surface area contributed by atoms with Gasteiger partial charge < -0.3 is 19.7 Å². The number of ether oxygens (including phenoxy) is 2. The van der Waals surface area contributed by atoms with Crippen molar-refractivity contribution in [3.05, 3.63) is 29.8 Å². The normalized spacial score (nSPS) is 13.1. The van der Waals surface area contributed by atoms with E-state index in [1.54, 1.807) is 19.1 Å². The van der Waals surface area contributed by atoms with Crippen molar-refractivity contribution in [1.82, 2.24) is 5.43 Å². The lowest BCUT2D eigenvalue weighted by Crippen LogP contribution is -2.34. The fourth-order valence-corrected chi connectivity index (χ4v) is 1.57. The Bertz CT molecular complexity index is 493. The second kappa shape index (κ2) is 8.20. The molecule has 2 unspecified atom stereocenters. The quantitative estimate of drug-likeness (QED) is 0.220. The van der Waals surface area contributed by atoms with Crippen molar-refractivity contribution in [3.8, 4) is 5.75 Å². The summed E-state index contributed by atoms with van der Waals surface area (Å²) >= 11 is 0. The maximum atomic E-state index is 11.4. The lowest BCUT2D eigenvalue weighted by atomic mass is 10.0. The molecular weight excluding hydrogens is 280 g/mol. The number of esters is 1. The molecule has 0 bridgehead atoms. The van der Waals surface area contributed by atoms with Gasteiger partial charge in [0.1, 0.15) is 11.9 Å². The molecular formula is C13H18N2O6. The first-order valence-corrected chi connectivity index (χ1v) is 6.25. The number of hydrazine groups is 1. The minimum Gasteiger partial charge on any atom is -0.483 e. The molecule has 0 spiro atoms. The minimum atomic E-state index is -1.75. The van der Waals surface area contributed by atoms with Gasteiger partial charge in [-0.3, -0.25) is 10.2 Å². The summed E-state index contributed by atoms with van der Waals surface area (Å²) in [6.45, 7) is 1.30. The van der Waals surface area contributed by atoms with Crippen LogP contribution in [-0.4, -0.2) is 41.4 Å². The third-order valence-electron chi connectivity index (χ3n) is 2.58. The van der Waals surface area contributed by atoms with Gasteiger partial charge >= 0.3 is 5.97 Å². The van der Waals surface area contributed by atoms with E-state index in [9.17, 15) is 19.8 Å². The summed E-state index contributed by atoms with van der Waals surface area (Å²) in [6.07, 6.45) is -3.29. The zero-order valence-corrected chi connectivity index (χ0v) is 11.5. The number of carbonyl (C=O) groups is 2. The molecule has 8 nitrogen and oxygen atoms in total. The lowest BCUT2D eigenvalue weighted by molar-refractivity contribution is -0.159. The number of benzene rings is 1. The van der Waals surface area contributed by atoms with Crippen molar-refractivity contribution in [2.75, 3.05) is 13.2 Å². The largest absolute Gasteiger partial charge is 0.483 e. The Morgan fingerprint density at radius 2 is 2.00 bits per heavy atom. The van der Waals surface area contributed by atoms with Crippen LogP contribution >= 0.6 is 0 Å². The molecule has 0 heterocycles. The maximum Gasteiger partial charge on any atom is 0.338 e. The molecule has 0 fully saturated rings. The monoisotopic (exact) mass is 298 g/mol. The Labute approximate surface area is 121 Å². The van der Waals surface area contributed by atoms with E-state index in [0.29, 0.717) is 0 Å². The number of aliphatic hydroxyl groups excluding tert-OH is 2. The van der Waals surface area contributed by atoms with E-state index in [2.05, 4.69) is 4.74 Å². The van der Waals surface area contributed by atoms with Crippen LogP contribution in [-0.2, 0) is 14.3 Å². The smallest absolute Gasteiger partial charge is 0.338 e. The number of rotatable bonds is 7. The van der Waals surface area contributed by atoms with E-state index in [1.165, 1.54) is 12.1 Å². The van der Waals surface area contributed by atoms with Gasteiger partial charge in [0.25, 0.3) is 5.91 Å². The number of nitrogens with two attached hydrogens (primary N) is 1. The maximum absolute atomic E-state index is 11.4. The van der Waals surface area contributed by atoms with Gasteiger partial charge in [0.2, 0.25) is 0 Å². The predicted molar refractivity (Wildman–Crippen MR) is 71.9 cm³/mol. The van der Waals surface area contributed by atoms with Gasteiger partial charge in [0.15, 0.2) is 12.7 Å². The highest BCUT2D eigenvalue weighted by Crippen LogP contribution is 2.27. The van der Waals surface area contributed by atoms with Crippen LogP contribution in [0.3, 0.4) is 0 Å². The van der Waals surface area contributed by atoms with Crippen LogP contribution < -0.4 is 16.0 Å². The van der Waals surface area contributed by atoms with E-state index in [4.69, 9.17) is 10.6 Å². The highest BCUT2D eigenvalue weighted by atomic mass is 16.5. The summed E-state index contributed by atoms with van der Waals surface area (Å²) in [5.41, 5.74) is 2.05. The fraction of sp³-hybridized carbons (Fsp3) is 0.385. The number of nitrogens with one attached hydrogen (secondary N) is 1. The molecule has 1 amide bonds. The summed E-state index contributed by atoms with van der Waals surface area (Å²) in [5, 5.41) is 19.8. The number of hydrogen-bond acceptors (Lipinski definition) is 7. The summed E-state index contributed by atoms with van der Waals surface area (Å²) in [6, 6.07) is 6.15. The Morgan fingerprint density at radius 1 is 1.33 bits per heavy atom. The van der Waals surface area contributed by atoms with Gasteiger partial charge in [-0.15, -0.1) is 0 Å². The predicted octanol–water partition coefficient (Wildman–Crippen LogP) is -0.987. The highest BCUT2D eigenvalue weighted by molar-refractivity contribution is 5.77. The topological polar surface area (TPSA) is 131 Å². The Hall–Kier alpha value is -2.16. The first kappa shape index (κ1) is 16.9. The molecule has 0 aromatic heterocycles. The van der Waals surface area contributed by atoms with Gasteiger partial charge in [-0.1, -0.05) is 18.2 Å². The molecule has 2 atom stereocenters. The van der Waals surface area contributed by atoms with Crippen LogP contribution in [0.2, 0.25) is 0 Å². The molecule has 8 heteroatoms. The van der Waals surface area contributed by atoms with Gasteiger partial charge in [0.05, 0.1) is 6.61 Å². The molecule has 0 aliphatic carbocycles.